The first-order valence-corrected chi connectivity index (χ1v) is 35.8. The molecule has 0 aromatic heterocycles. The van der Waals surface area contributed by atoms with Gasteiger partial charge in [-0.1, -0.05) is 357 Å². The molecule has 4 nitrogen and oxygen atoms in total. The summed E-state index contributed by atoms with van der Waals surface area (Å²) >= 11 is 0. The fraction of sp³-hybridized carbons (Fsp3) is 0.642. The van der Waals surface area contributed by atoms with Gasteiger partial charge in [0.2, 0.25) is 5.91 Å². The van der Waals surface area contributed by atoms with Crippen LogP contribution in [0.1, 0.15) is 316 Å². The second-order valence-corrected chi connectivity index (χ2v) is 23.6. The quantitative estimate of drug-likeness (QED) is 0.0420. The van der Waals surface area contributed by atoms with Gasteiger partial charge in [0.05, 0.1) is 18.8 Å². The minimum Gasteiger partial charge on any atom is -0.394 e. The van der Waals surface area contributed by atoms with Crippen molar-refractivity contribution in [3.63, 3.8) is 0 Å². The van der Waals surface area contributed by atoms with Crippen molar-refractivity contribution in [1.29, 1.82) is 0 Å². The van der Waals surface area contributed by atoms with Crippen LogP contribution in [0.5, 0.6) is 0 Å². The molecule has 3 N–H and O–H groups in total. The zero-order chi connectivity index (χ0) is 61.2. The molecule has 0 heterocycles. The van der Waals surface area contributed by atoms with Crippen molar-refractivity contribution in [2.75, 3.05) is 6.61 Å². The lowest BCUT2D eigenvalue weighted by atomic mass is 10.0. The highest BCUT2D eigenvalue weighted by atomic mass is 16.3. The molecule has 1 amide bonds. The van der Waals surface area contributed by atoms with Gasteiger partial charge in [-0.2, -0.15) is 0 Å². The Morgan fingerprint density at radius 1 is 0.294 bits per heavy atom. The Bertz CT molecular complexity index is 1810. The lowest BCUT2D eigenvalue weighted by molar-refractivity contribution is -0.123. The van der Waals surface area contributed by atoms with E-state index in [1.165, 1.54) is 167 Å². The molecular weight excluding hydrogens is 1030 g/mol. The summed E-state index contributed by atoms with van der Waals surface area (Å²) in [5, 5.41) is 23.2. The van der Waals surface area contributed by atoms with Crippen LogP contribution in [-0.4, -0.2) is 34.9 Å². The first-order valence-electron chi connectivity index (χ1n) is 35.8. The molecule has 2 unspecified atom stereocenters. The highest BCUT2D eigenvalue weighted by Crippen LogP contribution is 2.17. The summed E-state index contributed by atoms with van der Waals surface area (Å²) in [6, 6.07) is -0.668. The number of unbranched alkanes of at least 4 members (excludes halogenated alkanes) is 31. The van der Waals surface area contributed by atoms with Crippen molar-refractivity contribution < 1.29 is 15.0 Å². The van der Waals surface area contributed by atoms with E-state index in [1.807, 2.05) is 6.08 Å². The Morgan fingerprint density at radius 2 is 0.529 bits per heavy atom. The number of hydrogen-bond acceptors (Lipinski definition) is 3. The lowest BCUT2D eigenvalue weighted by Crippen LogP contribution is -2.45. The fourth-order valence-corrected chi connectivity index (χ4v) is 10.1. The third-order valence-corrected chi connectivity index (χ3v) is 15.4. The van der Waals surface area contributed by atoms with E-state index in [1.54, 1.807) is 6.08 Å². The Balaban J connectivity index is 3.65. The van der Waals surface area contributed by atoms with Gasteiger partial charge in [0.1, 0.15) is 0 Å². The SMILES string of the molecule is CC/C=C\C/C=C\C/C=C\C/C=C\C/C=C\C/C=C\C/C=C\C/C=C\C/C=C\C/C=C\C/C=C\C/C=C\CCCCCCC(=O)NC(CO)C(O)/C=C/CC/C=C/CCCCCCCCCCCCCCCCCCCCCCCCCCCC. The van der Waals surface area contributed by atoms with Crippen LogP contribution in [0.4, 0.5) is 0 Å². The minimum absolute atomic E-state index is 0.102. The van der Waals surface area contributed by atoms with E-state index < -0.39 is 12.1 Å². The lowest BCUT2D eigenvalue weighted by Gasteiger charge is -2.19. The van der Waals surface area contributed by atoms with Crippen LogP contribution in [0.3, 0.4) is 0 Å². The predicted molar refractivity (Wildman–Crippen MR) is 381 cm³/mol. The summed E-state index contributed by atoms with van der Waals surface area (Å²) in [6.45, 7) is 4.19. The molecule has 0 bridgehead atoms. The van der Waals surface area contributed by atoms with Gasteiger partial charge in [0.15, 0.2) is 0 Å². The van der Waals surface area contributed by atoms with Crippen molar-refractivity contribution in [1.82, 2.24) is 5.32 Å². The van der Waals surface area contributed by atoms with Gasteiger partial charge in [-0.15, -0.1) is 0 Å². The monoisotopic (exact) mass is 1170 g/mol. The normalized spacial score (nSPS) is 13.8. The van der Waals surface area contributed by atoms with Crippen molar-refractivity contribution in [3.8, 4) is 0 Å². The van der Waals surface area contributed by atoms with Crippen LogP contribution in [0.25, 0.3) is 0 Å². The van der Waals surface area contributed by atoms with Crippen molar-refractivity contribution in [3.05, 3.63) is 170 Å². The highest BCUT2D eigenvalue weighted by molar-refractivity contribution is 5.76. The minimum atomic E-state index is -0.888. The molecule has 0 spiro atoms. The topological polar surface area (TPSA) is 69.6 Å². The van der Waals surface area contributed by atoms with Gasteiger partial charge < -0.3 is 15.5 Å². The number of allylic oxidation sites excluding steroid dienone is 27. The van der Waals surface area contributed by atoms with Crippen molar-refractivity contribution in [2.45, 2.75) is 328 Å². The number of hydrogen-bond donors (Lipinski definition) is 3. The number of carbonyl (C=O) groups excluding carboxylic acids is 1. The van der Waals surface area contributed by atoms with E-state index in [9.17, 15) is 15.0 Å². The van der Waals surface area contributed by atoms with Crippen LogP contribution in [0, 0.1) is 0 Å². The van der Waals surface area contributed by atoms with E-state index in [0.717, 1.165) is 128 Å². The fourth-order valence-electron chi connectivity index (χ4n) is 10.1. The van der Waals surface area contributed by atoms with E-state index in [-0.39, 0.29) is 12.5 Å². The van der Waals surface area contributed by atoms with Gasteiger partial charge in [-0.25, -0.2) is 0 Å². The number of amides is 1. The summed E-state index contributed by atoms with van der Waals surface area (Å²) in [5.74, 6) is -0.102. The maximum Gasteiger partial charge on any atom is 0.220 e. The molecule has 0 aliphatic rings. The van der Waals surface area contributed by atoms with Crippen LogP contribution in [0.15, 0.2) is 170 Å². The van der Waals surface area contributed by atoms with Gasteiger partial charge in [0.25, 0.3) is 0 Å². The zero-order valence-electron chi connectivity index (χ0n) is 55.6. The number of nitrogens with one attached hydrogen (secondary N) is 1. The first kappa shape index (κ1) is 80.8. The van der Waals surface area contributed by atoms with E-state index in [2.05, 4.69) is 177 Å². The molecule has 0 aromatic carbocycles. The zero-order valence-corrected chi connectivity index (χ0v) is 55.6. The van der Waals surface area contributed by atoms with Gasteiger partial charge in [0, 0.05) is 6.42 Å². The molecule has 4 heteroatoms. The molecule has 482 valence electrons. The van der Waals surface area contributed by atoms with Crippen LogP contribution in [-0.2, 0) is 4.79 Å². The molecule has 0 aliphatic heterocycles. The molecule has 2 atom stereocenters. The molecule has 0 fully saturated rings. The smallest absolute Gasteiger partial charge is 0.220 e. The molecule has 0 saturated heterocycles. The third kappa shape index (κ3) is 70.4. The Morgan fingerprint density at radius 3 is 0.824 bits per heavy atom. The van der Waals surface area contributed by atoms with Crippen molar-refractivity contribution in [2.24, 2.45) is 0 Å². The molecule has 0 aliphatic carbocycles. The maximum atomic E-state index is 12.5. The second-order valence-electron chi connectivity index (χ2n) is 23.6. The first-order chi connectivity index (χ1) is 42.2. The van der Waals surface area contributed by atoms with Crippen LogP contribution < -0.4 is 5.32 Å². The van der Waals surface area contributed by atoms with Crippen LogP contribution >= 0.6 is 0 Å². The van der Waals surface area contributed by atoms with Gasteiger partial charge >= 0.3 is 0 Å². The molecule has 0 aromatic rings. The average molecular weight is 1170 g/mol. The molecule has 0 saturated carbocycles. The Labute approximate surface area is 528 Å². The number of rotatable bonds is 64. The number of carbonyl (C=O) groups is 1. The summed E-state index contributed by atoms with van der Waals surface area (Å²) < 4.78 is 0. The average Bonchev–Trinajstić information content (AvgIpc) is 3.51. The predicted octanol–water partition coefficient (Wildman–Crippen LogP) is 25.0. The van der Waals surface area contributed by atoms with Gasteiger partial charge in [-0.3, -0.25) is 4.79 Å². The molecule has 0 radical (unpaired) electrons. The van der Waals surface area contributed by atoms with E-state index >= 15 is 0 Å². The number of aliphatic hydroxyl groups is 2. The van der Waals surface area contributed by atoms with E-state index in [0.29, 0.717) is 6.42 Å². The van der Waals surface area contributed by atoms with Gasteiger partial charge in [-0.05, 0) is 122 Å². The largest absolute Gasteiger partial charge is 0.394 e. The van der Waals surface area contributed by atoms with E-state index in [4.69, 9.17) is 0 Å². The third-order valence-electron chi connectivity index (χ3n) is 15.4. The molecule has 85 heavy (non-hydrogen) atoms. The Hall–Kier alpha value is -4.25. The maximum absolute atomic E-state index is 12.5. The standard InChI is InChI=1S/C81H135NO3/c1-3-5-7-9-11-13-15-17-19-21-23-25-27-29-31-33-35-37-38-39-40-41-42-43-44-45-47-49-51-53-55-57-59-61-63-65-67-69-71-73-75-77-81(85)82-79(78-83)80(84)76-74-72-70-68-66-64-62-60-58-56-54-52-50-48-46-36-34-32-30-28-26-24-22-20-18-16-14-12-10-8-6-4-2/h5,7,11,13,17,19,23,25,29,31,35,37,39-40,42-43,45,47,51,53,57,59,63,65-66,68,74,76,79-80,83-84H,3-4,6,8-10,12,14-16,18,20-22,24,26-28,30,32-34,36,38,41,44,46,48-50,52,54-56,58,60-62,64,67,69-73,75,77-78H2,1-2H3,(H,82,85)/b7-5-,13-11-,19-17-,25-23-,31-29-,37-35-,40-39-,43-42-,47-45-,53-51-,59-57-,65-63-,68-66+,76-74+. The Kier molecular flexibility index (Phi) is 70.3. The summed E-state index contributed by atoms with van der Waals surface area (Å²) in [4.78, 5) is 12.5. The summed E-state index contributed by atoms with van der Waals surface area (Å²) in [6.07, 6.45) is 119. The molecular formula is C81H135NO3. The second kappa shape index (κ2) is 74.0. The van der Waals surface area contributed by atoms with Crippen molar-refractivity contribution >= 4 is 5.91 Å². The summed E-state index contributed by atoms with van der Waals surface area (Å²) in [5.41, 5.74) is 0. The van der Waals surface area contributed by atoms with Crippen LogP contribution in [0.2, 0.25) is 0 Å². The molecule has 0 rings (SSSR count). The summed E-state index contributed by atoms with van der Waals surface area (Å²) in [7, 11) is 0. The highest BCUT2D eigenvalue weighted by Gasteiger charge is 2.18. The number of aliphatic hydroxyl groups excluding tert-OH is 2.